The van der Waals surface area contributed by atoms with E-state index in [2.05, 4.69) is 15.3 Å². The minimum atomic E-state index is -4.63. The van der Waals surface area contributed by atoms with Crippen LogP contribution in [0.3, 0.4) is 0 Å². The van der Waals surface area contributed by atoms with Crippen LogP contribution in [0.15, 0.2) is 24.4 Å². The molecule has 0 bridgehead atoms. The van der Waals surface area contributed by atoms with E-state index in [9.17, 15) is 22.0 Å². The first-order valence-electron chi connectivity index (χ1n) is 7.26. The highest BCUT2D eigenvalue weighted by Gasteiger charge is 2.32. The van der Waals surface area contributed by atoms with Gasteiger partial charge in [-0.15, -0.1) is 0 Å². The summed E-state index contributed by atoms with van der Waals surface area (Å²) in [6, 6.07) is 2.74. The lowest BCUT2D eigenvalue weighted by Gasteiger charge is -2.20. The minimum Gasteiger partial charge on any atom is -0.367 e. The Hall–Kier alpha value is -2.45. The molecule has 0 aliphatic carbocycles. The average molecular weight is 344 g/mol. The van der Waals surface area contributed by atoms with Crippen LogP contribution in [-0.4, -0.2) is 23.1 Å². The summed E-state index contributed by atoms with van der Waals surface area (Å²) in [5.74, 6) is -1.96. The fourth-order valence-corrected chi connectivity index (χ4v) is 2.59. The molecule has 1 aliphatic heterocycles. The van der Waals surface area contributed by atoms with E-state index in [1.54, 1.807) is 4.90 Å². The second-order valence-electron chi connectivity index (χ2n) is 5.37. The second kappa shape index (κ2) is 6.21. The number of halogens is 5. The zero-order valence-corrected chi connectivity index (χ0v) is 12.4. The van der Waals surface area contributed by atoms with E-state index in [1.165, 1.54) is 0 Å². The molecule has 2 heterocycles. The maximum atomic E-state index is 14.2. The highest BCUT2D eigenvalue weighted by molar-refractivity contribution is 5.61. The molecule has 3 rings (SSSR count). The number of nitrogens with zero attached hydrogens (tertiary/aromatic N) is 3. The third-order valence-corrected chi connectivity index (χ3v) is 3.64. The third-order valence-electron chi connectivity index (χ3n) is 3.64. The number of hydrogen-bond acceptors (Lipinski definition) is 4. The molecule has 0 atom stereocenters. The summed E-state index contributed by atoms with van der Waals surface area (Å²) in [6.45, 7) is 1.13. The van der Waals surface area contributed by atoms with Crippen molar-refractivity contribution in [2.45, 2.75) is 19.0 Å². The number of nitrogens with one attached hydrogen (secondary N) is 1. The highest BCUT2D eigenvalue weighted by Crippen LogP contribution is 2.31. The Morgan fingerprint density at radius 2 is 1.67 bits per heavy atom. The minimum absolute atomic E-state index is 0.0627. The highest BCUT2D eigenvalue weighted by atomic mass is 19.4. The Balaban J connectivity index is 1.86. The van der Waals surface area contributed by atoms with Crippen molar-refractivity contribution < 1.29 is 22.0 Å². The summed E-state index contributed by atoms with van der Waals surface area (Å²) < 4.78 is 66.2. The van der Waals surface area contributed by atoms with Crippen LogP contribution in [0, 0.1) is 11.6 Å². The van der Waals surface area contributed by atoms with Gasteiger partial charge in [0, 0.05) is 25.0 Å². The van der Waals surface area contributed by atoms with Crippen molar-refractivity contribution in [1.82, 2.24) is 9.97 Å². The summed E-state index contributed by atoms with van der Waals surface area (Å²) in [6.07, 6.45) is -1.99. The van der Waals surface area contributed by atoms with Crippen LogP contribution < -0.4 is 10.2 Å². The normalized spacial score (nSPS) is 15.0. The van der Waals surface area contributed by atoms with Crippen molar-refractivity contribution in [3.05, 3.63) is 41.7 Å². The lowest BCUT2D eigenvalue weighted by molar-refractivity contribution is -0.141. The molecule has 1 N–H and O–H groups in total. The van der Waals surface area contributed by atoms with Crippen molar-refractivity contribution in [3.63, 3.8) is 0 Å². The van der Waals surface area contributed by atoms with E-state index >= 15 is 0 Å². The molecule has 1 fully saturated rings. The third kappa shape index (κ3) is 3.39. The molecule has 2 aromatic rings. The first kappa shape index (κ1) is 16.4. The van der Waals surface area contributed by atoms with Crippen molar-refractivity contribution in [1.29, 1.82) is 0 Å². The molecule has 0 spiro atoms. The van der Waals surface area contributed by atoms with E-state index in [-0.39, 0.29) is 11.4 Å². The van der Waals surface area contributed by atoms with Gasteiger partial charge in [-0.2, -0.15) is 13.2 Å². The Labute approximate surface area is 134 Å². The Morgan fingerprint density at radius 3 is 2.25 bits per heavy atom. The van der Waals surface area contributed by atoms with E-state index in [0.29, 0.717) is 19.2 Å². The lowest BCUT2D eigenvalue weighted by Crippen LogP contribution is -2.20. The lowest BCUT2D eigenvalue weighted by atomic mass is 10.2. The molecule has 9 heteroatoms. The van der Waals surface area contributed by atoms with E-state index in [4.69, 9.17) is 0 Å². The monoisotopic (exact) mass is 344 g/mol. The van der Waals surface area contributed by atoms with Gasteiger partial charge in [0.2, 0.25) is 5.95 Å². The Kier molecular flexibility index (Phi) is 4.25. The van der Waals surface area contributed by atoms with Crippen LogP contribution in [0.25, 0.3) is 0 Å². The van der Waals surface area contributed by atoms with Crippen LogP contribution >= 0.6 is 0 Å². The van der Waals surface area contributed by atoms with Gasteiger partial charge in [-0.3, -0.25) is 0 Å². The topological polar surface area (TPSA) is 41.1 Å². The first-order chi connectivity index (χ1) is 11.3. The SMILES string of the molecule is Fc1cc(Nc2nccc(C(F)(F)F)n2)cc(F)c1N1CCCC1. The van der Waals surface area contributed by atoms with Crippen LogP contribution in [0.4, 0.5) is 39.3 Å². The zero-order valence-electron chi connectivity index (χ0n) is 12.4. The standard InChI is InChI=1S/C15H13F5N4/c16-10-7-9(8-11(17)13(10)24-5-1-2-6-24)22-14-21-4-3-12(23-14)15(18,19)20/h3-4,7-8H,1-2,5-6H2,(H,21,22,23). The molecule has 0 amide bonds. The number of aromatic nitrogens is 2. The predicted molar refractivity (Wildman–Crippen MR) is 78.1 cm³/mol. The fraction of sp³-hybridized carbons (Fsp3) is 0.333. The number of hydrogen-bond donors (Lipinski definition) is 1. The van der Waals surface area contributed by atoms with Crippen LogP contribution in [0.1, 0.15) is 18.5 Å². The largest absolute Gasteiger partial charge is 0.433 e. The van der Waals surface area contributed by atoms with Gasteiger partial charge in [0.1, 0.15) is 11.4 Å². The maximum Gasteiger partial charge on any atom is 0.433 e. The smallest absolute Gasteiger partial charge is 0.367 e. The number of alkyl halides is 3. The second-order valence-corrected chi connectivity index (χ2v) is 5.37. The molecular weight excluding hydrogens is 331 g/mol. The molecule has 0 radical (unpaired) electrons. The van der Waals surface area contributed by atoms with Crippen molar-refractivity contribution >= 4 is 17.3 Å². The maximum absolute atomic E-state index is 14.2. The van der Waals surface area contributed by atoms with Crippen molar-refractivity contribution in [2.75, 3.05) is 23.3 Å². The zero-order chi connectivity index (χ0) is 17.3. The van der Waals surface area contributed by atoms with Gasteiger partial charge in [-0.25, -0.2) is 18.7 Å². The van der Waals surface area contributed by atoms with Crippen molar-refractivity contribution in [3.8, 4) is 0 Å². The van der Waals surface area contributed by atoms with Crippen LogP contribution in [-0.2, 0) is 6.18 Å². The van der Waals surface area contributed by atoms with Gasteiger partial charge >= 0.3 is 6.18 Å². The van der Waals surface area contributed by atoms with Crippen LogP contribution in [0.2, 0.25) is 0 Å². The van der Waals surface area contributed by atoms with Gasteiger partial charge in [0.15, 0.2) is 11.6 Å². The van der Waals surface area contributed by atoms with Crippen molar-refractivity contribution in [2.24, 2.45) is 0 Å². The molecule has 4 nitrogen and oxygen atoms in total. The molecule has 1 saturated heterocycles. The summed E-state index contributed by atoms with van der Waals surface area (Å²) in [4.78, 5) is 8.53. The molecule has 128 valence electrons. The van der Waals surface area contributed by atoms with E-state index in [1.807, 2.05) is 0 Å². The average Bonchev–Trinajstić information content (AvgIpc) is 3.00. The first-order valence-corrected chi connectivity index (χ1v) is 7.26. The molecule has 0 saturated carbocycles. The predicted octanol–water partition coefficient (Wildman–Crippen LogP) is 4.12. The summed E-state index contributed by atoms with van der Waals surface area (Å²) in [7, 11) is 0. The molecule has 1 aromatic heterocycles. The molecule has 1 aliphatic rings. The van der Waals surface area contributed by atoms with E-state index < -0.39 is 29.5 Å². The summed E-state index contributed by atoms with van der Waals surface area (Å²) in [5.41, 5.74) is -1.33. The Bertz CT molecular complexity index is 718. The summed E-state index contributed by atoms with van der Waals surface area (Å²) in [5, 5.41) is 2.40. The quantitative estimate of drug-likeness (QED) is 0.851. The van der Waals surface area contributed by atoms with Gasteiger partial charge < -0.3 is 10.2 Å². The molecule has 1 aromatic carbocycles. The van der Waals surface area contributed by atoms with E-state index in [0.717, 1.165) is 31.2 Å². The van der Waals surface area contributed by atoms with Gasteiger partial charge in [-0.05, 0) is 31.0 Å². The number of anilines is 3. The summed E-state index contributed by atoms with van der Waals surface area (Å²) >= 11 is 0. The molecular formula is C15H13F5N4. The van der Waals surface area contributed by atoms with Gasteiger partial charge in [-0.1, -0.05) is 0 Å². The van der Waals surface area contributed by atoms with Crippen LogP contribution in [0.5, 0.6) is 0 Å². The molecule has 0 unspecified atom stereocenters. The Morgan fingerprint density at radius 1 is 1.04 bits per heavy atom. The number of rotatable bonds is 3. The van der Waals surface area contributed by atoms with Gasteiger partial charge in [0.05, 0.1) is 0 Å². The number of benzene rings is 1. The molecule has 24 heavy (non-hydrogen) atoms. The van der Waals surface area contributed by atoms with Gasteiger partial charge in [0.25, 0.3) is 0 Å². The fourth-order valence-electron chi connectivity index (χ4n) is 2.59.